The Morgan fingerprint density at radius 2 is 1.92 bits per heavy atom. The molecule has 0 amide bonds. The van der Waals surface area contributed by atoms with Crippen LogP contribution in [0.25, 0.3) is 11.3 Å². The first-order chi connectivity index (χ1) is 12.0. The minimum absolute atomic E-state index is 0.102. The molecule has 0 aliphatic rings. The molecule has 0 atom stereocenters. The van der Waals surface area contributed by atoms with Crippen molar-refractivity contribution in [3.8, 4) is 11.3 Å². The number of carbonyl (C=O) groups excluding carboxylic acids is 1. The maximum Gasteiger partial charge on any atom is 0.240 e. The van der Waals surface area contributed by atoms with Crippen LogP contribution in [0.2, 0.25) is 0 Å². The molecule has 128 valence electrons. The Kier molecular flexibility index (Phi) is 5.08. The fourth-order valence-electron chi connectivity index (χ4n) is 2.28. The number of Topliss-reactive ketones (excluding diaryl/α,β-unsaturated/α-hetero) is 1. The van der Waals surface area contributed by atoms with Crippen LogP contribution >= 0.6 is 11.3 Å². The third kappa shape index (κ3) is 4.19. The lowest BCUT2D eigenvalue weighted by Crippen LogP contribution is -2.23. The van der Waals surface area contributed by atoms with Gasteiger partial charge >= 0.3 is 0 Å². The Morgan fingerprint density at radius 3 is 2.56 bits per heavy atom. The Labute approximate surface area is 150 Å². The molecule has 25 heavy (non-hydrogen) atoms. The lowest BCUT2D eigenvalue weighted by molar-refractivity contribution is 0.101. The van der Waals surface area contributed by atoms with Crippen molar-refractivity contribution >= 4 is 27.1 Å². The van der Waals surface area contributed by atoms with Crippen molar-refractivity contribution in [1.82, 2.24) is 9.71 Å². The van der Waals surface area contributed by atoms with Gasteiger partial charge < -0.3 is 0 Å². The Bertz CT molecular complexity index is 979. The Hall–Kier alpha value is -2.35. The van der Waals surface area contributed by atoms with Gasteiger partial charge in [-0.2, -0.15) is 11.3 Å². The second-order valence-electron chi connectivity index (χ2n) is 5.47. The average Bonchev–Trinajstić information content (AvgIpc) is 3.15. The van der Waals surface area contributed by atoms with Crippen molar-refractivity contribution in [3.63, 3.8) is 0 Å². The van der Waals surface area contributed by atoms with E-state index in [0.29, 0.717) is 5.56 Å². The molecule has 1 aromatic carbocycles. The lowest BCUT2D eigenvalue weighted by Gasteiger charge is -2.08. The normalized spacial score (nSPS) is 11.4. The van der Waals surface area contributed by atoms with Crippen molar-refractivity contribution in [1.29, 1.82) is 0 Å². The van der Waals surface area contributed by atoms with Gasteiger partial charge in [0.2, 0.25) is 10.0 Å². The van der Waals surface area contributed by atoms with Crippen molar-refractivity contribution < 1.29 is 13.2 Å². The van der Waals surface area contributed by atoms with Crippen molar-refractivity contribution in [2.75, 3.05) is 0 Å². The number of rotatable bonds is 6. The van der Waals surface area contributed by atoms with Crippen molar-refractivity contribution in [2.45, 2.75) is 18.4 Å². The number of nitrogens with zero attached hydrogens (tertiary/aromatic N) is 1. The first kappa shape index (κ1) is 17.5. The Morgan fingerprint density at radius 1 is 1.16 bits per heavy atom. The molecule has 0 bridgehead atoms. The molecule has 0 fully saturated rings. The summed E-state index contributed by atoms with van der Waals surface area (Å²) in [5.41, 5.74) is 3.12. The Balaban J connectivity index is 1.74. The second kappa shape index (κ2) is 7.26. The third-order valence-corrected chi connectivity index (χ3v) is 5.78. The number of ketones is 1. The summed E-state index contributed by atoms with van der Waals surface area (Å²) < 4.78 is 27.4. The zero-order chi connectivity index (χ0) is 17.9. The summed E-state index contributed by atoms with van der Waals surface area (Å²) in [5, 5.41) is 3.96. The van der Waals surface area contributed by atoms with E-state index in [0.717, 1.165) is 16.8 Å². The quantitative estimate of drug-likeness (QED) is 0.672. The SMILES string of the molecule is CC(=O)c1ccc(S(=O)(=O)NCc2ccnc(-c3ccsc3)c2)cc1. The lowest BCUT2D eigenvalue weighted by atomic mass is 10.1. The molecule has 0 aliphatic heterocycles. The molecule has 0 radical (unpaired) electrons. The van der Waals surface area contributed by atoms with E-state index in [1.165, 1.54) is 31.2 Å². The van der Waals surface area contributed by atoms with Gasteiger partial charge in [-0.25, -0.2) is 13.1 Å². The minimum atomic E-state index is -3.65. The van der Waals surface area contributed by atoms with Gasteiger partial charge in [0, 0.05) is 29.2 Å². The topological polar surface area (TPSA) is 76.1 Å². The summed E-state index contributed by atoms with van der Waals surface area (Å²) in [6.45, 7) is 1.60. The molecule has 1 N–H and O–H groups in total. The first-order valence-electron chi connectivity index (χ1n) is 7.54. The molecule has 0 saturated heterocycles. The molecule has 0 aliphatic carbocycles. The molecule has 2 heterocycles. The van der Waals surface area contributed by atoms with Crippen LogP contribution in [0.4, 0.5) is 0 Å². The standard InChI is InChI=1S/C18H16N2O3S2/c1-13(21)15-2-4-17(5-3-15)25(22,23)20-11-14-6-8-19-18(10-14)16-7-9-24-12-16/h2-10,12,20H,11H2,1H3. The molecule has 0 unspecified atom stereocenters. The summed E-state index contributed by atoms with van der Waals surface area (Å²) >= 11 is 1.58. The van der Waals surface area contributed by atoms with E-state index in [1.54, 1.807) is 23.6 Å². The zero-order valence-electron chi connectivity index (χ0n) is 13.5. The monoisotopic (exact) mass is 372 g/mol. The van der Waals surface area contributed by atoms with Crippen LogP contribution in [0.5, 0.6) is 0 Å². The number of sulfonamides is 1. The van der Waals surface area contributed by atoms with Crippen LogP contribution < -0.4 is 4.72 Å². The van der Waals surface area contributed by atoms with E-state index in [2.05, 4.69) is 9.71 Å². The largest absolute Gasteiger partial charge is 0.295 e. The van der Waals surface area contributed by atoms with E-state index in [4.69, 9.17) is 0 Å². The first-order valence-corrected chi connectivity index (χ1v) is 9.96. The number of thiophene rings is 1. The van der Waals surface area contributed by atoms with E-state index in [9.17, 15) is 13.2 Å². The van der Waals surface area contributed by atoms with Crippen LogP contribution in [0.1, 0.15) is 22.8 Å². The molecule has 0 spiro atoms. The van der Waals surface area contributed by atoms with Crippen molar-refractivity contribution in [3.05, 3.63) is 70.5 Å². The van der Waals surface area contributed by atoms with Crippen LogP contribution in [0.3, 0.4) is 0 Å². The number of carbonyl (C=O) groups is 1. The number of hydrogen-bond acceptors (Lipinski definition) is 5. The number of hydrogen-bond donors (Lipinski definition) is 1. The van der Waals surface area contributed by atoms with Gasteiger partial charge in [0.25, 0.3) is 0 Å². The van der Waals surface area contributed by atoms with Crippen molar-refractivity contribution in [2.24, 2.45) is 0 Å². The smallest absolute Gasteiger partial charge is 0.240 e. The van der Waals surface area contributed by atoms with Crippen LogP contribution in [0.15, 0.2) is 64.3 Å². The predicted octanol–water partition coefficient (Wildman–Crippen LogP) is 3.49. The minimum Gasteiger partial charge on any atom is -0.295 e. The summed E-state index contributed by atoms with van der Waals surface area (Å²) in [4.78, 5) is 15.7. The number of pyridine rings is 1. The predicted molar refractivity (Wildman–Crippen MR) is 98.0 cm³/mol. The molecular weight excluding hydrogens is 356 g/mol. The number of aromatic nitrogens is 1. The van der Waals surface area contributed by atoms with E-state index < -0.39 is 10.0 Å². The fraction of sp³-hybridized carbons (Fsp3) is 0.111. The van der Waals surface area contributed by atoms with Crippen LogP contribution in [0, 0.1) is 0 Å². The number of benzene rings is 1. The highest BCUT2D eigenvalue weighted by molar-refractivity contribution is 7.89. The van der Waals surface area contributed by atoms with Gasteiger partial charge in [0.05, 0.1) is 10.6 Å². The molecule has 5 nitrogen and oxygen atoms in total. The third-order valence-electron chi connectivity index (χ3n) is 3.68. The molecular formula is C18H16N2O3S2. The van der Waals surface area contributed by atoms with E-state index in [1.807, 2.05) is 22.9 Å². The van der Waals surface area contributed by atoms with Crippen LogP contribution in [-0.4, -0.2) is 19.2 Å². The summed E-state index contributed by atoms with van der Waals surface area (Å²) in [7, 11) is -3.65. The highest BCUT2D eigenvalue weighted by Gasteiger charge is 2.14. The maximum absolute atomic E-state index is 12.4. The number of nitrogens with one attached hydrogen (secondary N) is 1. The second-order valence-corrected chi connectivity index (χ2v) is 8.01. The van der Waals surface area contributed by atoms with Gasteiger partial charge in [-0.05, 0) is 48.2 Å². The summed E-state index contributed by atoms with van der Waals surface area (Å²) in [5.74, 6) is -0.102. The van der Waals surface area contributed by atoms with E-state index >= 15 is 0 Å². The van der Waals surface area contributed by atoms with Gasteiger partial charge in [0.15, 0.2) is 5.78 Å². The van der Waals surface area contributed by atoms with Crippen LogP contribution in [-0.2, 0) is 16.6 Å². The molecule has 3 aromatic rings. The maximum atomic E-state index is 12.4. The highest BCUT2D eigenvalue weighted by Crippen LogP contribution is 2.20. The summed E-state index contributed by atoms with van der Waals surface area (Å²) in [6.07, 6.45) is 1.66. The zero-order valence-corrected chi connectivity index (χ0v) is 15.1. The van der Waals surface area contributed by atoms with Gasteiger partial charge in [-0.15, -0.1) is 0 Å². The highest BCUT2D eigenvalue weighted by atomic mass is 32.2. The fourth-order valence-corrected chi connectivity index (χ4v) is 3.95. The van der Waals surface area contributed by atoms with Gasteiger partial charge in [0.1, 0.15) is 0 Å². The van der Waals surface area contributed by atoms with Gasteiger partial charge in [-0.1, -0.05) is 12.1 Å². The molecule has 7 heteroatoms. The summed E-state index contributed by atoms with van der Waals surface area (Å²) in [6, 6.07) is 11.5. The molecule has 3 rings (SSSR count). The van der Waals surface area contributed by atoms with Gasteiger partial charge in [-0.3, -0.25) is 9.78 Å². The van der Waals surface area contributed by atoms with E-state index in [-0.39, 0.29) is 17.2 Å². The molecule has 0 saturated carbocycles. The average molecular weight is 372 g/mol. The molecule has 2 aromatic heterocycles.